The molecule has 5 atom stereocenters. The van der Waals surface area contributed by atoms with Gasteiger partial charge in [0.25, 0.3) is 0 Å². The standard InChI is InChI=1S/C29H41N3O7/c1-18-14-23(34)22(28-27(37)26(36)25(35)24(17-33)39-28)16-21(18)15-20-7-5-19(6-8-20)4-3-9-30-29(38)32-12-10-31(2)11-13-32/h5-8,14,16,24-28,33-37H,3-4,9-13,15,17H2,1-2H3,(H,30,38)/t24-,25-,26+,27-,28+/m1/s1. The van der Waals surface area contributed by atoms with Crippen LogP contribution in [0.2, 0.25) is 0 Å². The van der Waals surface area contributed by atoms with Crippen LogP contribution in [-0.2, 0) is 17.6 Å². The van der Waals surface area contributed by atoms with Gasteiger partial charge in [0.05, 0.1) is 6.61 Å². The molecule has 0 aliphatic carbocycles. The van der Waals surface area contributed by atoms with Crippen molar-refractivity contribution in [2.24, 2.45) is 0 Å². The monoisotopic (exact) mass is 543 g/mol. The van der Waals surface area contributed by atoms with Gasteiger partial charge in [-0.25, -0.2) is 4.79 Å². The van der Waals surface area contributed by atoms with Gasteiger partial charge in [-0.15, -0.1) is 0 Å². The molecule has 10 heteroatoms. The number of hydrogen-bond acceptors (Lipinski definition) is 8. The van der Waals surface area contributed by atoms with Crippen molar-refractivity contribution >= 4 is 6.03 Å². The topological polar surface area (TPSA) is 146 Å². The lowest BCUT2D eigenvalue weighted by atomic mass is 9.88. The highest BCUT2D eigenvalue weighted by molar-refractivity contribution is 5.74. The van der Waals surface area contributed by atoms with E-state index < -0.39 is 37.1 Å². The van der Waals surface area contributed by atoms with Crippen LogP contribution in [0.25, 0.3) is 0 Å². The molecular weight excluding hydrogens is 502 g/mol. The maximum atomic E-state index is 12.3. The third kappa shape index (κ3) is 7.08. The van der Waals surface area contributed by atoms with Gasteiger partial charge < -0.3 is 45.4 Å². The Labute approximate surface area is 229 Å². The van der Waals surface area contributed by atoms with Crippen LogP contribution in [0.5, 0.6) is 5.75 Å². The quantitative estimate of drug-likeness (QED) is 0.267. The van der Waals surface area contributed by atoms with E-state index in [9.17, 15) is 30.3 Å². The molecule has 0 aromatic heterocycles. The Morgan fingerprint density at radius 2 is 1.67 bits per heavy atom. The summed E-state index contributed by atoms with van der Waals surface area (Å²) < 4.78 is 5.66. The summed E-state index contributed by atoms with van der Waals surface area (Å²) in [6, 6.07) is 11.6. The van der Waals surface area contributed by atoms with Crippen molar-refractivity contribution in [1.29, 1.82) is 0 Å². The normalized spacial score (nSPS) is 26.0. The van der Waals surface area contributed by atoms with Gasteiger partial charge in [-0.1, -0.05) is 24.3 Å². The third-order valence-corrected chi connectivity index (χ3v) is 7.81. The van der Waals surface area contributed by atoms with E-state index in [0.717, 1.165) is 55.7 Å². The first-order chi connectivity index (χ1) is 18.7. The lowest BCUT2D eigenvalue weighted by Gasteiger charge is -2.40. The van der Waals surface area contributed by atoms with Gasteiger partial charge >= 0.3 is 6.03 Å². The van der Waals surface area contributed by atoms with Crippen molar-refractivity contribution in [2.75, 3.05) is 46.4 Å². The molecule has 2 fully saturated rings. The predicted octanol–water partition coefficient (Wildman–Crippen LogP) is 0.696. The summed E-state index contributed by atoms with van der Waals surface area (Å²) in [6.45, 7) is 5.30. The Morgan fingerprint density at radius 1 is 1.00 bits per heavy atom. The number of ether oxygens (including phenoxy) is 1. The smallest absolute Gasteiger partial charge is 0.317 e. The number of urea groups is 1. The molecule has 2 saturated heterocycles. The van der Waals surface area contributed by atoms with Crippen LogP contribution in [0.4, 0.5) is 4.79 Å². The van der Waals surface area contributed by atoms with Crippen molar-refractivity contribution in [3.8, 4) is 5.75 Å². The lowest BCUT2D eigenvalue weighted by Crippen LogP contribution is -2.55. The number of aromatic hydroxyl groups is 1. The highest BCUT2D eigenvalue weighted by Crippen LogP contribution is 2.38. The summed E-state index contributed by atoms with van der Waals surface area (Å²) in [5.74, 6) is -0.0874. The molecule has 39 heavy (non-hydrogen) atoms. The van der Waals surface area contributed by atoms with Gasteiger partial charge in [0.2, 0.25) is 0 Å². The van der Waals surface area contributed by atoms with Gasteiger partial charge in [0.15, 0.2) is 0 Å². The number of piperazine rings is 1. The zero-order chi connectivity index (χ0) is 28.1. The number of carbonyl (C=O) groups excluding carboxylic acids is 1. The molecule has 0 spiro atoms. The first-order valence-corrected chi connectivity index (χ1v) is 13.6. The molecule has 0 radical (unpaired) electrons. The van der Waals surface area contributed by atoms with E-state index in [-0.39, 0.29) is 11.8 Å². The lowest BCUT2D eigenvalue weighted by molar-refractivity contribution is -0.232. The second-order valence-corrected chi connectivity index (χ2v) is 10.7. The van der Waals surface area contributed by atoms with E-state index in [0.29, 0.717) is 18.5 Å². The van der Waals surface area contributed by atoms with Crippen LogP contribution in [0, 0.1) is 6.92 Å². The van der Waals surface area contributed by atoms with Crippen LogP contribution < -0.4 is 5.32 Å². The summed E-state index contributed by atoms with van der Waals surface area (Å²) in [6.07, 6.45) is -4.31. The van der Waals surface area contributed by atoms with Crippen LogP contribution in [0.3, 0.4) is 0 Å². The highest BCUT2D eigenvalue weighted by Gasteiger charge is 2.44. The van der Waals surface area contributed by atoms with Crippen LogP contribution >= 0.6 is 0 Å². The van der Waals surface area contributed by atoms with E-state index in [1.54, 1.807) is 12.1 Å². The first-order valence-electron chi connectivity index (χ1n) is 13.6. The van der Waals surface area contributed by atoms with E-state index in [2.05, 4.69) is 41.5 Å². The molecule has 2 aromatic carbocycles. The number of rotatable bonds is 8. The number of phenols is 1. The summed E-state index contributed by atoms with van der Waals surface area (Å²) in [5, 5.41) is 53.9. The molecule has 2 aliphatic rings. The molecule has 4 rings (SSSR count). The Balaban J connectivity index is 1.33. The number of aryl methyl sites for hydroxylation is 2. The van der Waals surface area contributed by atoms with Crippen molar-refractivity contribution in [2.45, 2.75) is 56.7 Å². The molecular formula is C29H41N3O7. The molecule has 2 amide bonds. The SMILES string of the molecule is Cc1cc(O)c([C@@H]2O[C@H](CO)[C@@H](O)[C@H](O)[C@H]2O)cc1Cc1ccc(CCCNC(=O)N2CCN(C)CC2)cc1. The maximum Gasteiger partial charge on any atom is 0.317 e. The number of aliphatic hydroxyl groups is 4. The number of amides is 2. The zero-order valence-electron chi connectivity index (χ0n) is 22.7. The average molecular weight is 544 g/mol. The second kappa shape index (κ2) is 13.1. The summed E-state index contributed by atoms with van der Waals surface area (Å²) >= 11 is 0. The van der Waals surface area contributed by atoms with Crippen molar-refractivity contribution in [3.05, 3.63) is 64.2 Å². The molecule has 10 nitrogen and oxygen atoms in total. The summed E-state index contributed by atoms with van der Waals surface area (Å²) in [4.78, 5) is 16.4. The maximum absolute atomic E-state index is 12.3. The number of hydrogen-bond donors (Lipinski definition) is 6. The Bertz CT molecular complexity index is 1100. The molecule has 0 bridgehead atoms. The number of benzene rings is 2. The molecule has 2 aromatic rings. The van der Waals surface area contributed by atoms with Gasteiger partial charge in [-0.2, -0.15) is 0 Å². The van der Waals surface area contributed by atoms with Gasteiger partial charge in [-0.3, -0.25) is 0 Å². The minimum absolute atomic E-state index is 0.00537. The number of carbonyl (C=O) groups is 1. The number of likely N-dealkylation sites (N-methyl/N-ethyl adjacent to an activating group) is 1. The molecule has 0 saturated carbocycles. The van der Waals surface area contributed by atoms with Crippen LogP contribution in [-0.4, -0.2) is 112 Å². The average Bonchev–Trinajstić information content (AvgIpc) is 2.93. The van der Waals surface area contributed by atoms with Crippen molar-refractivity contribution in [3.63, 3.8) is 0 Å². The first kappa shape index (κ1) is 29.3. The van der Waals surface area contributed by atoms with Crippen molar-refractivity contribution < 1.29 is 35.1 Å². The molecule has 6 N–H and O–H groups in total. The molecule has 2 aliphatic heterocycles. The van der Waals surface area contributed by atoms with E-state index in [4.69, 9.17) is 4.74 Å². The number of nitrogens with zero attached hydrogens (tertiary/aromatic N) is 2. The molecule has 214 valence electrons. The molecule has 2 heterocycles. The van der Waals surface area contributed by atoms with Crippen LogP contribution in [0.1, 0.15) is 40.3 Å². The largest absolute Gasteiger partial charge is 0.508 e. The number of aliphatic hydroxyl groups excluding tert-OH is 4. The summed E-state index contributed by atoms with van der Waals surface area (Å²) in [7, 11) is 2.06. The predicted molar refractivity (Wildman–Crippen MR) is 146 cm³/mol. The minimum atomic E-state index is -1.52. The number of phenolic OH excluding ortho intramolecular Hbond substituents is 1. The van der Waals surface area contributed by atoms with Gasteiger partial charge in [-0.05, 0) is 67.6 Å². The Morgan fingerprint density at radius 3 is 2.33 bits per heavy atom. The summed E-state index contributed by atoms with van der Waals surface area (Å²) in [5.41, 5.74) is 4.32. The van der Waals surface area contributed by atoms with E-state index in [1.165, 1.54) is 5.56 Å². The third-order valence-electron chi connectivity index (χ3n) is 7.81. The zero-order valence-corrected chi connectivity index (χ0v) is 22.7. The fraction of sp³-hybridized carbons (Fsp3) is 0.552. The van der Waals surface area contributed by atoms with Gasteiger partial charge in [0.1, 0.15) is 36.3 Å². The fourth-order valence-corrected chi connectivity index (χ4v) is 5.19. The Kier molecular flexibility index (Phi) is 9.81. The van der Waals surface area contributed by atoms with Crippen molar-refractivity contribution in [1.82, 2.24) is 15.1 Å². The molecule has 0 unspecified atom stereocenters. The second-order valence-electron chi connectivity index (χ2n) is 10.7. The highest BCUT2D eigenvalue weighted by atomic mass is 16.5. The Hall–Kier alpha value is -2.73. The van der Waals surface area contributed by atoms with Crippen LogP contribution in [0.15, 0.2) is 36.4 Å². The van der Waals surface area contributed by atoms with E-state index in [1.807, 2.05) is 11.8 Å². The van der Waals surface area contributed by atoms with Gasteiger partial charge in [0, 0.05) is 38.3 Å². The number of nitrogens with one attached hydrogen (secondary N) is 1. The van der Waals surface area contributed by atoms with E-state index >= 15 is 0 Å². The fourth-order valence-electron chi connectivity index (χ4n) is 5.19. The minimum Gasteiger partial charge on any atom is -0.508 e.